The summed E-state index contributed by atoms with van der Waals surface area (Å²) in [6.07, 6.45) is -3.05. The Balaban J connectivity index is 4.25. The number of aliphatic hydroxyl groups is 2. The fourth-order valence-electron chi connectivity index (χ4n) is 1.14. The molecule has 2 unspecified atom stereocenters. The molecule has 0 aromatic heterocycles. The van der Waals surface area contributed by atoms with Crippen molar-refractivity contribution in [3.8, 4) is 0 Å². The van der Waals surface area contributed by atoms with Crippen LogP contribution in [0.15, 0.2) is 4.99 Å². The monoisotopic (exact) mass is 251 g/mol. The van der Waals surface area contributed by atoms with Crippen molar-refractivity contribution in [1.29, 1.82) is 0 Å². The van der Waals surface area contributed by atoms with Crippen LogP contribution < -0.4 is 17.2 Å². The van der Waals surface area contributed by atoms with E-state index in [0.717, 1.165) is 0 Å². The summed E-state index contributed by atoms with van der Waals surface area (Å²) in [5.74, 6) is -1.54. The number of hydrogen-bond acceptors (Lipinski definition) is 6. The molecule has 3 atom stereocenters. The highest BCUT2D eigenvalue weighted by atomic mass is 16.5. The van der Waals surface area contributed by atoms with Crippen LogP contribution in [-0.2, 0) is 9.53 Å². The van der Waals surface area contributed by atoms with Crippen molar-refractivity contribution in [3.63, 3.8) is 0 Å². The van der Waals surface area contributed by atoms with Gasteiger partial charge in [0.15, 0.2) is 12.1 Å². The molecule has 0 saturated carbocycles. The number of nitrogens with zero attached hydrogens (tertiary/aromatic N) is 1. The summed E-state index contributed by atoms with van der Waals surface area (Å²) in [5.41, 5.74) is 15.8. The van der Waals surface area contributed by atoms with Crippen LogP contribution in [0.4, 0.5) is 0 Å². The summed E-state index contributed by atoms with van der Waals surface area (Å²) >= 11 is 0. The number of aliphatic hydroxyl groups excluding tert-OH is 2. The number of carbonyl (C=O) groups excluding carboxylic acids is 1. The first-order chi connectivity index (χ1) is 9.04. The molecular formula is C9H20N4O4. The van der Waals surface area contributed by atoms with Gasteiger partial charge in [-0.25, -0.2) is 4.79 Å². The molecular weight excluding hydrogens is 228 g/mol. The van der Waals surface area contributed by atoms with Gasteiger partial charge in [-0.05, 0) is 12.8 Å². The summed E-state index contributed by atoms with van der Waals surface area (Å²) in [6.45, 7) is 0.276. The molecule has 0 rings (SSSR count). The number of guanidine groups is 1. The number of aliphatic imine (C=N–C) groups is 1. The minimum absolute atomic E-state index is 0.0830. The maximum Gasteiger partial charge on any atom is 0.337 e. The second-order valence-corrected chi connectivity index (χ2v) is 3.47. The Morgan fingerprint density at radius 3 is 2.71 bits per heavy atom. The molecule has 0 saturated heterocycles. The van der Waals surface area contributed by atoms with Crippen molar-refractivity contribution in [2.75, 3.05) is 13.6 Å². The molecule has 0 aromatic carbocycles. The van der Waals surface area contributed by atoms with Gasteiger partial charge in [0.2, 0.25) is 0 Å². The first-order valence-electron chi connectivity index (χ1n) is 6.44. The van der Waals surface area contributed by atoms with E-state index >= 15 is 0 Å². The average molecular weight is 251 g/mol. The van der Waals surface area contributed by atoms with Gasteiger partial charge in [-0.2, -0.15) is 0 Å². The van der Waals surface area contributed by atoms with Crippen molar-refractivity contribution >= 4 is 11.9 Å². The SMILES string of the molecule is [2H]C([2H])([2H])OC(=O)C(O)C(O)[C@@H](N)CCCN=C(N)N. The predicted octanol–water partition coefficient (Wildman–Crippen LogP) is -2.74. The highest BCUT2D eigenvalue weighted by molar-refractivity contribution is 5.75. The Morgan fingerprint density at radius 1 is 1.53 bits per heavy atom. The van der Waals surface area contributed by atoms with E-state index in [9.17, 15) is 15.0 Å². The lowest BCUT2D eigenvalue weighted by Gasteiger charge is -2.21. The Kier molecular flexibility index (Phi) is 4.95. The number of esters is 1. The Bertz CT molecular complexity index is 347. The number of hydrogen-bond donors (Lipinski definition) is 5. The fraction of sp³-hybridized carbons (Fsp3) is 0.778. The van der Waals surface area contributed by atoms with Crippen LogP contribution in [0.25, 0.3) is 0 Å². The molecule has 8 nitrogen and oxygen atoms in total. The van der Waals surface area contributed by atoms with Crippen molar-refractivity contribution in [3.05, 3.63) is 0 Å². The zero-order valence-corrected chi connectivity index (χ0v) is 9.24. The molecule has 0 aliphatic rings. The van der Waals surface area contributed by atoms with Gasteiger partial charge in [-0.3, -0.25) is 4.99 Å². The summed E-state index contributed by atoms with van der Waals surface area (Å²) in [4.78, 5) is 14.9. The third kappa shape index (κ3) is 6.05. The molecule has 0 aliphatic heterocycles. The maximum absolute atomic E-state index is 11.2. The molecule has 0 aromatic rings. The predicted molar refractivity (Wildman–Crippen MR) is 61.9 cm³/mol. The first-order valence-corrected chi connectivity index (χ1v) is 4.94. The number of carbonyl (C=O) groups is 1. The van der Waals surface area contributed by atoms with Crippen LogP contribution in [0.5, 0.6) is 0 Å². The molecule has 0 amide bonds. The number of rotatable bonds is 7. The third-order valence-corrected chi connectivity index (χ3v) is 2.09. The van der Waals surface area contributed by atoms with E-state index in [0.29, 0.717) is 6.42 Å². The van der Waals surface area contributed by atoms with Gasteiger partial charge in [-0.15, -0.1) is 0 Å². The highest BCUT2D eigenvalue weighted by Crippen LogP contribution is 2.06. The second-order valence-electron chi connectivity index (χ2n) is 3.47. The number of nitrogens with two attached hydrogens (primary N) is 3. The minimum atomic E-state index is -2.99. The second kappa shape index (κ2) is 7.82. The fourth-order valence-corrected chi connectivity index (χ4v) is 1.14. The molecule has 0 radical (unpaired) electrons. The molecule has 0 fully saturated rings. The smallest absolute Gasteiger partial charge is 0.337 e. The van der Waals surface area contributed by atoms with Gasteiger partial charge in [0.25, 0.3) is 0 Å². The first kappa shape index (κ1) is 10.8. The molecule has 0 heterocycles. The minimum Gasteiger partial charge on any atom is -0.467 e. The van der Waals surface area contributed by atoms with E-state index in [1.54, 1.807) is 0 Å². The van der Waals surface area contributed by atoms with Crippen LogP contribution in [0.3, 0.4) is 0 Å². The van der Waals surface area contributed by atoms with Crippen LogP contribution in [0, 0.1) is 0 Å². The van der Waals surface area contributed by atoms with Crippen molar-refractivity contribution in [2.24, 2.45) is 22.2 Å². The van der Waals surface area contributed by atoms with Crippen LogP contribution in [0.2, 0.25) is 0 Å². The van der Waals surface area contributed by atoms with Crippen molar-refractivity contribution in [2.45, 2.75) is 31.1 Å². The highest BCUT2D eigenvalue weighted by Gasteiger charge is 2.29. The van der Waals surface area contributed by atoms with Gasteiger partial charge < -0.3 is 32.2 Å². The largest absolute Gasteiger partial charge is 0.467 e. The Labute approximate surface area is 104 Å². The summed E-state index contributed by atoms with van der Waals surface area (Å²) < 4.78 is 24.1. The molecule has 8 N–H and O–H groups in total. The van der Waals surface area contributed by atoms with Crippen molar-refractivity contribution < 1.29 is 23.9 Å². The van der Waals surface area contributed by atoms with Crippen LogP contribution >= 0.6 is 0 Å². The van der Waals surface area contributed by atoms with E-state index in [4.69, 9.17) is 21.3 Å². The number of methoxy groups -OCH3 is 1. The van der Waals surface area contributed by atoms with Crippen LogP contribution in [-0.4, -0.2) is 54.0 Å². The molecule has 100 valence electrons. The van der Waals surface area contributed by atoms with Gasteiger partial charge in [0, 0.05) is 12.6 Å². The quantitative estimate of drug-likeness (QED) is 0.142. The van der Waals surface area contributed by atoms with Gasteiger partial charge >= 0.3 is 5.97 Å². The standard InChI is InChI=1S/C9H20N4O4/c1-17-8(16)7(15)6(14)5(10)3-2-4-13-9(11)12/h5-7,14-15H,2-4,10H2,1H3,(H4,11,12,13)/t5-,6?,7?/m0/s1/i1D3. The van der Waals surface area contributed by atoms with Gasteiger partial charge in [0.1, 0.15) is 6.10 Å². The average Bonchev–Trinajstić information content (AvgIpc) is 2.30. The normalized spacial score (nSPS) is 19.1. The zero-order valence-electron chi connectivity index (χ0n) is 12.2. The molecule has 17 heavy (non-hydrogen) atoms. The molecule has 0 bridgehead atoms. The van der Waals surface area contributed by atoms with Gasteiger partial charge in [0.05, 0.1) is 11.2 Å². The van der Waals surface area contributed by atoms with E-state index < -0.39 is 31.3 Å². The van der Waals surface area contributed by atoms with Crippen molar-refractivity contribution in [1.82, 2.24) is 0 Å². The van der Waals surface area contributed by atoms with E-state index in [1.807, 2.05) is 0 Å². The summed E-state index contributed by atoms with van der Waals surface area (Å²) in [7, 11) is -2.99. The Hall–Kier alpha value is -1.38. The zero-order chi connectivity index (χ0) is 15.9. The van der Waals surface area contributed by atoms with Gasteiger partial charge in [-0.1, -0.05) is 0 Å². The van der Waals surface area contributed by atoms with Crippen LogP contribution in [0.1, 0.15) is 17.0 Å². The topological polar surface area (TPSA) is 157 Å². The molecule has 8 heteroatoms. The lowest BCUT2D eigenvalue weighted by Crippen LogP contribution is -2.47. The van der Waals surface area contributed by atoms with E-state index in [2.05, 4.69) is 9.73 Å². The Morgan fingerprint density at radius 2 is 2.18 bits per heavy atom. The number of ether oxygens (including phenoxy) is 1. The molecule has 0 aliphatic carbocycles. The lowest BCUT2D eigenvalue weighted by molar-refractivity contribution is -0.157. The summed E-state index contributed by atoms with van der Waals surface area (Å²) in [6, 6.07) is -0.955. The lowest BCUT2D eigenvalue weighted by atomic mass is 10.0. The van der Waals surface area contributed by atoms with E-state index in [-0.39, 0.29) is 18.9 Å². The maximum atomic E-state index is 11.2. The summed E-state index contributed by atoms with van der Waals surface area (Å²) in [5, 5.41) is 19.1. The molecule has 0 spiro atoms. The third-order valence-electron chi connectivity index (χ3n) is 2.09. The van der Waals surface area contributed by atoms with E-state index in [1.165, 1.54) is 0 Å².